The SMILES string of the molecule is CC(C)(C)OC(=O)NCCNCCNC(=O)OCC1c2ccccc2-c2ccccc21.CC(C)(C)OC(=O)NCCO.CC(C)(C)OC(=O)NCCOS(C)(=O)=O.NCCNC(=O)OCC1c2ccccc2-c2ccccc21. The minimum Gasteiger partial charge on any atom is -0.449 e. The molecule has 21 nitrogen and oxygen atoms in total. The molecule has 0 atom stereocenters. The smallest absolute Gasteiger partial charge is 0.407 e. The van der Waals surface area contributed by atoms with Gasteiger partial charge in [0.2, 0.25) is 0 Å². The van der Waals surface area contributed by atoms with Crippen LogP contribution in [-0.4, -0.2) is 146 Å². The van der Waals surface area contributed by atoms with Crippen LogP contribution in [0.25, 0.3) is 22.3 Å². The molecule has 0 saturated heterocycles. The molecule has 0 heterocycles. The third kappa shape index (κ3) is 25.4. The van der Waals surface area contributed by atoms with Gasteiger partial charge >= 0.3 is 30.5 Å². The van der Waals surface area contributed by atoms with Gasteiger partial charge in [0.25, 0.3) is 10.1 Å². The van der Waals surface area contributed by atoms with Gasteiger partial charge in [0.15, 0.2) is 0 Å². The second-order valence-electron chi connectivity index (χ2n) is 20.6. The number of benzene rings is 4. The van der Waals surface area contributed by atoms with Crippen LogP contribution in [0.1, 0.15) is 96.4 Å². The van der Waals surface area contributed by atoms with E-state index in [0.29, 0.717) is 52.5 Å². The van der Waals surface area contributed by atoms with Crippen molar-refractivity contribution in [2.45, 2.75) is 91.0 Å². The predicted molar refractivity (Wildman–Crippen MR) is 299 cm³/mol. The quantitative estimate of drug-likeness (QED) is 0.0280. The minimum absolute atomic E-state index is 0.0511. The summed E-state index contributed by atoms with van der Waals surface area (Å²) in [6, 6.07) is 33.0. The summed E-state index contributed by atoms with van der Waals surface area (Å²) in [6.45, 7) is 19.7. The van der Waals surface area contributed by atoms with Crippen molar-refractivity contribution in [3.8, 4) is 22.3 Å². The minimum atomic E-state index is -3.45. The normalized spacial score (nSPS) is 12.3. The van der Waals surface area contributed by atoms with Gasteiger partial charge in [-0.05, 0) is 107 Å². The first kappa shape index (κ1) is 65.3. The largest absolute Gasteiger partial charge is 0.449 e. The van der Waals surface area contributed by atoms with Gasteiger partial charge < -0.3 is 66.4 Å². The zero-order chi connectivity index (χ0) is 57.9. The molecule has 22 heteroatoms. The first-order valence-corrected chi connectivity index (χ1v) is 27.5. The Labute approximate surface area is 459 Å². The number of ether oxygens (including phenoxy) is 5. The molecule has 4 aromatic carbocycles. The van der Waals surface area contributed by atoms with Crippen molar-refractivity contribution < 1.29 is 65.4 Å². The summed E-state index contributed by atoms with van der Waals surface area (Å²) in [4.78, 5) is 57.0. The summed E-state index contributed by atoms with van der Waals surface area (Å²) < 4.78 is 51.3. The number of rotatable bonds is 18. The molecule has 0 saturated carbocycles. The van der Waals surface area contributed by atoms with Crippen LogP contribution in [0.2, 0.25) is 0 Å². The van der Waals surface area contributed by atoms with E-state index in [1.165, 1.54) is 44.5 Å². The Morgan fingerprint density at radius 3 is 1.10 bits per heavy atom. The first-order chi connectivity index (χ1) is 36.7. The van der Waals surface area contributed by atoms with E-state index in [2.05, 4.69) is 84.6 Å². The number of alkyl carbamates (subject to hydrolysis) is 5. The molecule has 0 bridgehead atoms. The second-order valence-corrected chi connectivity index (χ2v) is 22.2. The van der Waals surface area contributed by atoms with Gasteiger partial charge in [-0.1, -0.05) is 97.1 Å². The van der Waals surface area contributed by atoms with E-state index in [1.54, 1.807) is 41.5 Å². The van der Waals surface area contributed by atoms with Crippen molar-refractivity contribution in [2.24, 2.45) is 5.73 Å². The van der Waals surface area contributed by atoms with E-state index < -0.39 is 57.4 Å². The first-order valence-electron chi connectivity index (χ1n) is 25.7. The predicted octanol–water partition coefficient (Wildman–Crippen LogP) is 7.11. The molecule has 2 aliphatic carbocycles. The van der Waals surface area contributed by atoms with Crippen LogP contribution in [-0.2, 0) is 38.0 Å². The number of carbonyl (C=O) groups excluding carboxylic acids is 5. The topological polar surface area (TPSA) is 293 Å². The van der Waals surface area contributed by atoms with Gasteiger partial charge in [0, 0.05) is 64.2 Å². The lowest BCUT2D eigenvalue weighted by atomic mass is 9.98. The Balaban J connectivity index is 0.000000295. The Morgan fingerprint density at radius 1 is 0.474 bits per heavy atom. The molecular formula is C56H81N7O14S. The van der Waals surface area contributed by atoms with Crippen LogP contribution < -0.4 is 37.6 Å². The van der Waals surface area contributed by atoms with Gasteiger partial charge in [-0.3, -0.25) is 4.18 Å². The highest BCUT2D eigenvalue weighted by Crippen LogP contribution is 2.45. The molecular weight excluding hydrogens is 1030 g/mol. The van der Waals surface area contributed by atoms with Crippen molar-refractivity contribution in [1.29, 1.82) is 0 Å². The number of aliphatic hydroxyl groups is 1. The van der Waals surface area contributed by atoms with Crippen molar-refractivity contribution in [1.82, 2.24) is 31.9 Å². The molecule has 0 unspecified atom stereocenters. The number of carbonyl (C=O) groups is 5. The molecule has 6 rings (SSSR count). The highest BCUT2D eigenvalue weighted by Gasteiger charge is 2.30. The molecule has 0 aliphatic heterocycles. The summed E-state index contributed by atoms with van der Waals surface area (Å²) in [5.74, 6) is 0.149. The Hall–Kier alpha value is -6.98. The van der Waals surface area contributed by atoms with Crippen LogP contribution in [0.4, 0.5) is 24.0 Å². The van der Waals surface area contributed by atoms with Crippen LogP contribution >= 0.6 is 0 Å². The Kier molecular flexibility index (Phi) is 26.8. The Bertz CT molecular complexity index is 2560. The fourth-order valence-corrected chi connectivity index (χ4v) is 7.94. The van der Waals surface area contributed by atoms with Crippen molar-refractivity contribution >= 4 is 40.6 Å². The summed E-state index contributed by atoms with van der Waals surface area (Å²) in [5, 5.41) is 24.3. The molecule has 430 valence electrons. The fourth-order valence-electron chi connectivity index (χ4n) is 7.55. The van der Waals surface area contributed by atoms with E-state index in [1.807, 2.05) is 69.3 Å². The number of nitrogens with two attached hydrogens (primary N) is 1. The lowest BCUT2D eigenvalue weighted by Crippen LogP contribution is -2.38. The van der Waals surface area contributed by atoms with E-state index in [-0.39, 0.29) is 38.1 Å². The van der Waals surface area contributed by atoms with Crippen LogP contribution in [0.5, 0.6) is 0 Å². The van der Waals surface area contributed by atoms with Gasteiger partial charge in [0.05, 0.1) is 19.5 Å². The number of aliphatic hydroxyl groups excluding tert-OH is 1. The molecule has 5 amide bonds. The molecule has 9 N–H and O–H groups in total. The average Bonchev–Trinajstić information content (AvgIpc) is 3.85. The third-order valence-corrected chi connectivity index (χ3v) is 11.1. The van der Waals surface area contributed by atoms with Crippen LogP contribution in [0.3, 0.4) is 0 Å². The monoisotopic (exact) mass is 1110 g/mol. The van der Waals surface area contributed by atoms with Gasteiger partial charge in [-0.2, -0.15) is 8.42 Å². The summed E-state index contributed by atoms with van der Waals surface area (Å²) in [7, 11) is -3.45. The van der Waals surface area contributed by atoms with Gasteiger partial charge in [-0.15, -0.1) is 0 Å². The number of hydrogen-bond acceptors (Lipinski definition) is 16. The van der Waals surface area contributed by atoms with E-state index in [4.69, 9.17) is 34.5 Å². The van der Waals surface area contributed by atoms with Gasteiger partial charge in [-0.25, -0.2) is 24.0 Å². The van der Waals surface area contributed by atoms with Gasteiger partial charge in [0.1, 0.15) is 30.0 Å². The van der Waals surface area contributed by atoms with E-state index in [0.717, 1.165) is 6.26 Å². The molecule has 78 heavy (non-hydrogen) atoms. The maximum atomic E-state index is 12.1. The summed E-state index contributed by atoms with van der Waals surface area (Å²) in [5.41, 5.74) is 13.5. The maximum absolute atomic E-state index is 12.1. The molecule has 0 spiro atoms. The lowest BCUT2D eigenvalue weighted by molar-refractivity contribution is 0.0508. The summed E-state index contributed by atoms with van der Waals surface area (Å²) in [6.07, 6.45) is -1.43. The molecule has 0 fully saturated rings. The number of nitrogens with one attached hydrogen (secondary N) is 6. The number of fused-ring (bicyclic) bond motifs is 6. The van der Waals surface area contributed by atoms with Crippen LogP contribution in [0.15, 0.2) is 97.1 Å². The number of amides is 5. The van der Waals surface area contributed by atoms with E-state index >= 15 is 0 Å². The zero-order valence-electron chi connectivity index (χ0n) is 46.6. The van der Waals surface area contributed by atoms with Crippen molar-refractivity contribution in [3.63, 3.8) is 0 Å². The highest BCUT2D eigenvalue weighted by molar-refractivity contribution is 7.85. The molecule has 4 aromatic rings. The number of hydrogen-bond donors (Lipinski definition) is 8. The fraction of sp³-hybridized carbons (Fsp3) is 0.482. The molecule has 0 radical (unpaired) electrons. The standard InChI is InChI=1S/C24H31N3O4.C17H18N2O2.C8H17NO5S.C7H15NO3/c1-24(2,3)31-23(29)27-15-13-25-12-14-26-22(28)30-16-21-19-10-6-4-8-17(19)18-9-5-7-11-20(18)21;18-9-10-19-17(20)21-11-16-14-7-3-1-5-12(14)13-6-2-4-8-15(13)16;1-8(2,3)14-7(10)9-5-6-13-15(4,11)12;1-7(2,3)11-6(10)8-4-5-9/h4-11,21,25H,12-16H2,1-3H3,(H,26,28)(H,27,29);1-8,16H,9-11,18H2,(H,19,20);5-6H2,1-4H3,(H,9,10);9H,4-5H2,1-3H3,(H,8,10). The lowest BCUT2D eigenvalue weighted by Gasteiger charge is -2.19. The zero-order valence-corrected chi connectivity index (χ0v) is 47.4. The van der Waals surface area contributed by atoms with Crippen molar-refractivity contribution in [2.75, 3.05) is 85.0 Å². The second kappa shape index (κ2) is 32.0. The average molecular weight is 1110 g/mol. The van der Waals surface area contributed by atoms with E-state index in [9.17, 15) is 32.4 Å². The molecule has 2 aliphatic rings. The van der Waals surface area contributed by atoms with Crippen LogP contribution in [0, 0.1) is 0 Å². The molecule has 0 aromatic heterocycles. The van der Waals surface area contributed by atoms with Crippen molar-refractivity contribution in [3.05, 3.63) is 119 Å². The maximum Gasteiger partial charge on any atom is 0.407 e. The third-order valence-electron chi connectivity index (χ3n) is 10.5. The Morgan fingerprint density at radius 2 is 0.782 bits per heavy atom. The summed E-state index contributed by atoms with van der Waals surface area (Å²) >= 11 is 0. The highest BCUT2D eigenvalue weighted by atomic mass is 32.2.